The number of halogens is 2. The minimum Gasteiger partial charge on any atom is -0.495 e. The number of nitrogens with one attached hydrogen (secondary N) is 2. The number of hydrogen-bond donors (Lipinski definition) is 2. The molecule has 2 aromatic rings. The molecule has 0 amide bonds. The lowest BCUT2D eigenvalue weighted by molar-refractivity contribution is 0.419. The standard InChI is InChI=1S/C12H14BrClN2O/c1-6(15-2)11-10(13)9-7(14)4-5-8(17-3)12(9)16-11/h4-6,15-16H,1-3H3. The number of methoxy groups -OCH3 is 1. The van der Waals surface area contributed by atoms with Gasteiger partial charge >= 0.3 is 0 Å². The third-order valence-corrected chi connectivity index (χ3v) is 4.06. The zero-order valence-electron chi connectivity index (χ0n) is 9.90. The van der Waals surface area contributed by atoms with Crippen LogP contribution in [0.5, 0.6) is 5.75 Å². The van der Waals surface area contributed by atoms with E-state index >= 15 is 0 Å². The van der Waals surface area contributed by atoms with E-state index < -0.39 is 0 Å². The van der Waals surface area contributed by atoms with Gasteiger partial charge < -0.3 is 15.0 Å². The Balaban J connectivity index is 2.76. The zero-order chi connectivity index (χ0) is 12.6. The first-order valence-electron chi connectivity index (χ1n) is 5.31. The molecule has 0 aliphatic heterocycles. The minimum atomic E-state index is 0.206. The van der Waals surface area contributed by atoms with Gasteiger partial charge in [-0.05, 0) is 42.0 Å². The summed E-state index contributed by atoms with van der Waals surface area (Å²) in [5.74, 6) is 0.791. The van der Waals surface area contributed by atoms with E-state index in [2.05, 4.69) is 33.2 Å². The van der Waals surface area contributed by atoms with Gasteiger partial charge in [0.15, 0.2) is 0 Å². The van der Waals surface area contributed by atoms with E-state index in [1.165, 1.54) is 0 Å². The molecule has 2 rings (SSSR count). The molecule has 0 fully saturated rings. The van der Waals surface area contributed by atoms with Gasteiger partial charge in [0.05, 0.1) is 17.6 Å². The first kappa shape index (κ1) is 12.7. The average molecular weight is 318 g/mol. The fourth-order valence-corrected chi connectivity index (χ4v) is 3.05. The molecule has 2 N–H and O–H groups in total. The maximum Gasteiger partial charge on any atom is 0.143 e. The maximum atomic E-state index is 6.23. The molecule has 0 aliphatic rings. The SMILES string of the molecule is CNC(C)c1[nH]c2c(OC)ccc(Cl)c2c1Br. The number of aromatic nitrogens is 1. The lowest BCUT2D eigenvalue weighted by Crippen LogP contribution is -2.12. The van der Waals surface area contributed by atoms with Crippen LogP contribution in [0, 0.1) is 0 Å². The molecule has 1 aromatic carbocycles. The molecule has 0 radical (unpaired) electrons. The molecule has 0 saturated heterocycles. The highest BCUT2D eigenvalue weighted by Crippen LogP contribution is 2.39. The fraction of sp³-hybridized carbons (Fsp3) is 0.333. The molecule has 92 valence electrons. The smallest absolute Gasteiger partial charge is 0.143 e. The summed E-state index contributed by atoms with van der Waals surface area (Å²) < 4.78 is 6.32. The van der Waals surface area contributed by atoms with Gasteiger partial charge in [0.25, 0.3) is 0 Å². The molecule has 0 spiro atoms. The van der Waals surface area contributed by atoms with Gasteiger partial charge in [-0.2, -0.15) is 0 Å². The third-order valence-electron chi connectivity index (χ3n) is 2.92. The minimum absolute atomic E-state index is 0.206. The van der Waals surface area contributed by atoms with E-state index in [0.29, 0.717) is 5.02 Å². The summed E-state index contributed by atoms with van der Waals surface area (Å²) in [5, 5.41) is 4.86. The predicted octanol–water partition coefficient (Wildman–Crippen LogP) is 3.87. The van der Waals surface area contributed by atoms with Gasteiger partial charge in [-0.3, -0.25) is 0 Å². The normalized spacial score (nSPS) is 13.0. The van der Waals surface area contributed by atoms with E-state index in [-0.39, 0.29) is 6.04 Å². The lowest BCUT2D eigenvalue weighted by atomic mass is 10.2. The number of benzene rings is 1. The second-order valence-electron chi connectivity index (χ2n) is 3.86. The molecule has 1 heterocycles. The van der Waals surface area contributed by atoms with Crippen molar-refractivity contribution < 1.29 is 4.74 Å². The van der Waals surface area contributed by atoms with E-state index in [9.17, 15) is 0 Å². The van der Waals surface area contributed by atoms with Crippen molar-refractivity contribution in [1.29, 1.82) is 0 Å². The number of fused-ring (bicyclic) bond motifs is 1. The van der Waals surface area contributed by atoms with Crippen molar-refractivity contribution in [3.05, 3.63) is 27.3 Å². The van der Waals surface area contributed by atoms with Crippen molar-refractivity contribution in [2.24, 2.45) is 0 Å². The Morgan fingerprint density at radius 2 is 2.18 bits per heavy atom. The largest absolute Gasteiger partial charge is 0.495 e. The molecule has 0 aliphatic carbocycles. The second kappa shape index (κ2) is 4.88. The maximum absolute atomic E-state index is 6.23. The number of hydrogen-bond acceptors (Lipinski definition) is 2. The molecular weight excluding hydrogens is 304 g/mol. The highest BCUT2D eigenvalue weighted by molar-refractivity contribution is 9.10. The van der Waals surface area contributed by atoms with Gasteiger partial charge in [-0.15, -0.1) is 0 Å². The van der Waals surface area contributed by atoms with Crippen molar-refractivity contribution in [3.63, 3.8) is 0 Å². The molecule has 0 bridgehead atoms. The number of rotatable bonds is 3. The van der Waals surface area contributed by atoms with Crippen molar-refractivity contribution in [1.82, 2.24) is 10.3 Å². The van der Waals surface area contributed by atoms with Crippen LogP contribution in [0.3, 0.4) is 0 Å². The van der Waals surface area contributed by atoms with E-state index in [0.717, 1.165) is 26.8 Å². The van der Waals surface area contributed by atoms with Gasteiger partial charge in [0.1, 0.15) is 5.75 Å². The summed E-state index contributed by atoms with van der Waals surface area (Å²) in [7, 11) is 3.57. The van der Waals surface area contributed by atoms with Crippen LogP contribution in [0.2, 0.25) is 5.02 Å². The van der Waals surface area contributed by atoms with E-state index in [1.807, 2.05) is 19.2 Å². The second-order valence-corrected chi connectivity index (χ2v) is 5.06. The van der Waals surface area contributed by atoms with E-state index in [4.69, 9.17) is 16.3 Å². The van der Waals surface area contributed by atoms with Gasteiger partial charge in [0, 0.05) is 21.6 Å². The van der Waals surface area contributed by atoms with Crippen LogP contribution in [0.15, 0.2) is 16.6 Å². The van der Waals surface area contributed by atoms with Crippen LogP contribution in [0.1, 0.15) is 18.7 Å². The van der Waals surface area contributed by atoms with Crippen LogP contribution in [-0.4, -0.2) is 19.1 Å². The summed E-state index contributed by atoms with van der Waals surface area (Å²) in [4.78, 5) is 3.36. The Hall–Kier alpha value is -0.710. The van der Waals surface area contributed by atoms with Crippen LogP contribution < -0.4 is 10.1 Å². The van der Waals surface area contributed by atoms with Crippen LogP contribution in [0.25, 0.3) is 10.9 Å². The number of H-pyrrole nitrogens is 1. The Kier molecular flexibility index (Phi) is 3.66. The van der Waals surface area contributed by atoms with Crippen molar-refractivity contribution in [3.8, 4) is 5.75 Å². The molecule has 3 nitrogen and oxygen atoms in total. The topological polar surface area (TPSA) is 37.0 Å². The Morgan fingerprint density at radius 1 is 1.47 bits per heavy atom. The first-order chi connectivity index (χ1) is 8.10. The molecule has 17 heavy (non-hydrogen) atoms. The fourth-order valence-electron chi connectivity index (χ4n) is 1.83. The quantitative estimate of drug-likeness (QED) is 0.901. The van der Waals surface area contributed by atoms with Crippen molar-refractivity contribution in [2.75, 3.05) is 14.2 Å². The van der Waals surface area contributed by atoms with Crippen LogP contribution in [0.4, 0.5) is 0 Å². The van der Waals surface area contributed by atoms with Gasteiger partial charge in [-0.25, -0.2) is 0 Å². The molecule has 1 unspecified atom stereocenters. The predicted molar refractivity (Wildman–Crippen MR) is 75.0 cm³/mol. The summed E-state index contributed by atoms with van der Waals surface area (Å²) >= 11 is 9.82. The van der Waals surface area contributed by atoms with Crippen molar-refractivity contribution >= 4 is 38.4 Å². The highest BCUT2D eigenvalue weighted by atomic mass is 79.9. The third kappa shape index (κ3) is 2.05. The first-order valence-corrected chi connectivity index (χ1v) is 6.48. The van der Waals surface area contributed by atoms with Crippen LogP contribution >= 0.6 is 27.5 Å². The monoisotopic (exact) mass is 316 g/mol. The summed E-state index contributed by atoms with van der Waals surface area (Å²) in [6.07, 6.45) is 0. The number of aromatic amines is 1. The Labute approximate surface area is 114 Å². The molecule has 5 heteroatoms. The molecule has 1 aromatic heterocycles. The zero-order valence-corrected chi connectivity index (χ0v) is 12.2. The molecule has 1 atom stereocenters. The van der Waals surface area contributed by atoms with Gasteiger partial charge in [0.2, 0.25) is 0 Å². The lowest BCUT2D eigenvalue weighted by Gasteiger charge is -2.08. The van der Waals surface area contributed by atoms with Crippen molar-refractivity contribution in [2.45, 2.75) is 13.0 Å². The summed E-state index contributed by atoms with van der Waals surface area (Å²) in [6, 6.07) is 3.91. The average Bonchev–Trinajstić information content (AvgIpc) is 2.68. The number of ether oxygens (including phenoxy) is 1. The highest BCUT2D eigenvalue weighted by Gasteiger charge is 2.18. The van der Waals surface area contributed by atoms with Crippen LogP contribution in [-0.2, 0) is 0 Å². The molecular formula is C12H14BrClN2O. The van der Waals surface area contributed by atoms with Gasteiger partial charge in [-0.1, -0.05) is 11.6 Å². The Bertz CT molecular complexity index is 553. The Morgan fingerprint density at radius 3 is 2.76 bits per heavy atom. The summed E-state index contributed by atoms with van der Waals surface area (Å²) in [6.45, 7) is 2.08. The van der Waals surface area contributed by atoms with E-state index in [1.54, 1.807) is 7.11 Å². The molecule has 0 saturated carbocycles. The summed E-state index contributed by atoms with van der Waals surface area (Å²) in [5.41, 5.74) is 1.98.